The Morgan fingerprint density at radius 2 is 2.30 bits per heavy atom. The predicted molar refractivity (Wildman–Crippen MR) is 74.9 cm³/mol. The molecular formula is C12H18N6O2. The van der Waals surface area contributed by atoms with Crippen LogP contribution in [0.3, 0.4) is 0 Å². The standard InChI is InChI=1S/C12H18N6O2/c1-2-13-12-16-10(9-6-15-18-11(9)17-12)14-5-8-7-19-3-4-20-8/h6,8H,2-5,7H2,1H3,(H3,13,14,15,16,17,18). The summed E-state index contributed by atoms with van der Waals surface area (Å²) in [6, 6.07) is 0. The van der Waals surface area contributed by atoms with E-state index in [0.29, 0.717) is 38.0 Å². The number of aromatic nitrogens is 4. The molecule has 1 aliphatic heterocycles. The number of hydrogen-bond acceptors (Lipinski definition) is 7. The van der Waals surface area contributed by atoms with Gasteiger partial charge in [0.2, 0.25) is 5.95 Å². The fraction of sp³-hybridized carbons (Fsp3) is 0.583. The van der Waals surface area contributed by atoms with E-state index in [9.17, 15) is 0 Å². The second kappa shape index (κ2) is 6.02. The molecular weight excluding hydrogens is 260 g/mol. The van der Waals surface area contributed by atoms with Gasteiger partial charge >= 0.3 is 0 Å². The maximum atomic E-state index is 5.60. The predicted octanol–water partition coefficient (Wildman–Crippen LogP) is 0.612. The number of rotatable bonds is 5. The van der Waals surface area contributed by atoms with E-state index >= 15 is 0 Å². The summed E-state index contributed by atoms with van der Waals surface area (Å²) in [5.41, 5.74) is 0.708. The first-order chi connectivity index (χ1) is 9.86. The van der Waals surface area contributed by atoms with Gasteiger partial charge in [-0.25, -0.2) is 0 Å². The zero-order chi connectivity index (χ0) is 13.8. The lowest BCUT2D eigenvalue weighted by Gasteiger charge is -2.23. The molecule has 8 nitrogen and oxygen atoms in total. The third-order valence-corrected chi connectivity index (χ3v) is 3.03. The van der Waals surface area contributed by atoms with Gasteiger partial charge in [-0.15, -0.1) is 0 Å². The van der Waals surface area contributed by atoms with Crippen LogP contribution in [-0.4, -0.2) is 59.2 Å². The Kier molecular flexibility index (Phi) is 3.93. The molecule has 3 N–H and O–H groups in total. The van der Waals surface area contributed by atoms with Gasteiger partial charge in [0.15, 0.2) is 5.65 Å². The summed E-state index contributed by atoms with van der Waals surface area (Å²) in [6.45, 7) is 5.31. The zero-order valence-electron chi connectivity index (χ0n) is 11.3. The van der Waals surface area contributed by atoms with Crippen molar-refractivity contribution in [3.05, 3.63) is 6.20 Å². The SMILES string of the molecule is CCNc1nc(NCC2COCCO2)c2cn[nH]c2n1. The Morgan fingerprint density at radius 3 is 3.10 bits per heavy atom. The van der Waals surface area contributed by atoms with Crippen molar-refractivity contribution in [3.63, 3.8) is 0 Å². The maximum absolute atomic E-state index is 5.60. The first-order valence-electron chi connectivity index (χ1n) is 6.75. The number of ether oxygens (including phenoxy) is 2. The van der Waals surface area contributed by atoms with E-state index in [4.69, 9.17) is 9.47 Å². The number of anilines is 2. The van der Waals surface area contributed by atoms with E-state index in [-0.39, 0.29) is 6.10 Å². The number of H-pyrrole nitrogens is 1. The van der Waals surface area contributed by atoms with Gasteiger partial charge in [-0.1, -0.05) is 0 Å². The highest BCUT2D eigenvalue weighted by Gasteiger charge is 2.16. The topological polar surface area (TPSA) is 97.0 Å². The van der Waals surface area contributed by atoms with Crippen molar-refractivity contribution in [2.24, 2.45) is 0 Å². The van der Waals surface area contributed by atoms with E-state index in [2.05, 4.69) is 30.8 Å². The molecule has 1 atom stereocenters. The van der Waals surface area contributed by atoms with E-state index in [1.165, 1.54) is 0 Å². The molecule has 1 unspecified atom stereocenters. The normalized spacial score (nSPS) is 19.1. The molecule has 20 heavy (non-hydrogen) atoms. The summed E-state index contributed by atoms with van der Waals surface area (Å²) >= 11 is 0. The largest absolute Gasteiger partial charge is 0.376 e. The van der Waals surface area contributed by atoms with E-state index in [1.807, 2.05) is 6.92 Å². The highest BCUT2D eigenvalue weighted by atomic mass is 16.6. The zero-order valence-corrected chi connectivity index (χ0v) is 11.3. The minimum Gasteiger partial charge on any atom is -0.376 e. The fourth-order valence-corrected chi connectivity index (χ4v) is 2.07. The molecule has 108 valence electrons. The smallest absolute Gasteiger partial charge is 0.226 e. The molecule has 0 radical (unpaired) electrons. The van der Waals surface area contributed by atoms with E-state index in [0.717, 1.165) is 17.7 Å². The van der Waals surface area contributed by atoms with Crippen molar-refractivity contribution in [1.82, 2.24) is 20.2 Å². The quantitative estimate of drug-likeness (QED) is 0.737. The molecule has 0 amide bonds. The van der Waals surface area contributed by atoms with Gasteiger partial charge in [-0.2, -0.15) is 15.1 Å². The molecule has 2 aromatic heterocycles. The lowest BCUT2D eigenvalue weighted by Crippen LogP contribution is -2.34. The van der Waals surface area contributed by atoms with Crippen LogP contribution in [0, 0.1) is 0 Å². The molecule has 1 saturated heterocycles. The third-order valence-electron chi connectivity index (χ3n) is 3.03. The Labute approximate surface area is 116 Å². The van der Waals surface area contributed by atoms with E-state index in [1.54, 1.807) is 6.20 Å². The van der Waals surface area contributed by atoms with Crippen molar-refractivity contribution in [2.75, 3.05) is 43.5 Å². The number of fused-ring (bicyclic) bond motifs is 1. The van der Waals surface area contributed by atoms with Crippen molar-refractivity contribution >= 4 is 22.8 Å². The summed E-state index contributed by atoms with van der Waals surface area (Å²) in [4.78, 5) is 8.80. The van der Waals surface area contributed by atoms with Crippen molar-refractivity contribution in [3.8, 4) is 0 Å². The van der Waals surface area contributed by atoms with Crippen LogP contribution in [0.4, 0.5) is 11.8 Å². The minimum atomic E-state index is 0.0447. The van der Waals surface area contributed by atoms with Crippen LogP contribution < -0.4 is 10.6 Å². The minimum absolute atomic E-state index is 0.0447. The van der Waals surface area contributed by atoms with Crippen LogP contribution in [0.25, 0.3) is 11.0 Å². The highest BCUT2D eigenvalue weighted by Crippen LogP contribution is 2.20. The number of aromatic amines is 1. The van der Waals surface area contributed by atoms with Crippen LogP contribution in [0.1, 0.15) is 6.92 Å². The Morgan fingerprint density at radius 1 is 1.35 bits per heavy atom. The highest BCUT2D eigenvalue weighted by molar-refractivity contribution is 5.86. The number of nitrogens with one attached hydrogen (secondary N) is 3. The molecule has 0 aliphatic carbocycles. The Hall–Kier alpha value is -1.93. The number of nitrogens with zero attached hydrogens (tertiary/aromatic N) is 3. The van der Waals surface area contributed by atoms with Crippen molar-refractivity contribution < 1.29 is 9.47 Å². The van der Waals surface area contributed by atoms with Crippen molar-refractivity contribution in [1.29, 1.82) is 0 Å². The summed E-state index contributed by atoms with van der Waals surface area (Å²) < 4.78 is 11.0. The van der Waals surface area contributed by atoms with E-state index < -0.39 is 0 Å². The molecule has 3 rings (SSSR count). The molecule has 0 bridgehead atoms. The van der Waals surface area contributed by atoms with Crippen molar-refractivity contribution in [2.45, 2.75) is 13.0 Å². The molecule has 1 aliphatic rings. The summed E-state index contributed by atoms with van der Waals surface area (Å²) in [6.07, 6.45) is 1.76. The lowest BCUT2D eigenvalue weighted by molar-refractivity contribution is -0.0819. The molecule has 3 heterocycles. The summed E-state index contributed by atoms with van der Waals surface area (Å²) in [5.74, 6) is 1.32. The first kappa shape index (κ1) is 13.1. The molecule has 0 aromatic carbocycles. The van der Waals surface area contributed by atoms with Gasteiger partial charge in [-0.05, 0) is 6.92 Å². The van der Waals surface area contributed by atoms with Gasteiger partial charge < -0.3 is 20.1 Å². The average Bonchev–Trinajstić information content (AvgIpc) is 2.95. The Bertz CT molecular complexity index is 566. The first-order valence-corrected chi connectivity index (χ1v) is 6.75. The van der Waals surface area contributed by atoms with Gasteiger partial charge in [0.1, 0.15) is 5.82 Å². The van der Waals surface area contributed by atoms with Crippen LogP contribution >= 0.6 is 0 Å². The monoisotopic (exact) mass is 278 g/mol. The van der Waals surface area contributed by atoms with Crippen LogP contribution in [0.2, 0.25) is 0 Å². The maximum Gasteiger partial charge on any atom is 0.226 e. The summed E-state index contributed by atoms with van der Waals surface area (Å²) in [5, 5.41) is 14.1. The second-order valence-electron chi connectivity index (χ2n) is 4.51. The lowest BCUT2D eigenvalue weighted by atomic mass is 10.3. The Balaban J connectivity index is 1.76. The molecule has 8 heteroatoms. The molecule has 0 saturated carbocycles. The van der Waals surface area contributed by atoms with Crippen LogP contribution in [0.15, 0.2) is 6.20 Å². The van der Waals surface area contributed by atoms with Gasteiger partial charge in [0.25, 0.3) is 0 Å². The van der Waals surface area contributed by atoms with Crippen LogP contribution in [0.5, 0.6) is 0 Å². The molecule has 2 aromatic rings. The molecule has 1 fully saturated rings. The third kappa shape index (κ3) is 2.81. The number of hydrogen-bond donors (Lipinski definition) is 3. The summed E-state index contributed by atoms with van der Waals surface area (Å²) in [7, 11) is 0. The molecule has 0 spiro atoms. The average molecular weight is 278 g/mol. The van der Waals surface area contributed by atoms with Gasteiger partial charge in [-0.3, -0.25) is 5.10 Å². The van der Waals surface area contributed by atoms with Crippen LogP contribution in [-0.2, 0) is 9.47 Å². The second-order valence-corrected chi connectivity index (χ2v) is 4.51. The van der Waals surface area contributed by atoms with Gasteiger partial charge in [0, 0.05) is 13.1 Å². The fourth-order valence-electron chi connectivity index (χ4n) is 2.07. The van der Waals surface area contributed by atoms with Gasteiger partial charge in [0.05, 0.1) is 37.5 Å².